The number of rotatable bonds is 2. The molecule has 1 aliphatic rings. The first-order chi connectivity index (χ1) is 8.02. The van der Waals surface area contributed by atoms with Crippen molar-refractivity contribution in [3.63, 3.8) is 0 Å². The minimum absolute atomic E-state index is 0.0598. The van der Waals surface area contributed by atoms with E-state index in [4.69, 9.17) is 10.5 Å². The van der Waals surface area contributed by atoms with Gasteiger partial charge in [0.25, 0.3) is 5.91 Å². The molecule has 0 saturated carbocycles. The fourth-order valence-electron chi connectivity index (χ4n) is 2.07. The monoisotopic (exact) mass is 238 g/mol. The van der Waals surface area contributed by atoms with Crippen molar-refractivity contribution in [2.24, 2.45) is 18.7 Å². The van der Waals surface area contributed by atoms with E-state index >= 15 is 0 Å². The van der Waals surface area contributed by atoms with Crippen molar-refractivity contribution in [1.29, 1.82) is 0 Å². The molecule has 1 fully saturated rings. The van der Waals surface area contributed by atoms with Crippen LogP contribution >= 0.6 is 0 Å². The van der Waals surface area contributed by atoms with Crippen LogP contribution < -0.4 is 10.5 Å². The molecule has 2 atom stereocenters. The van der Waals surface area contributed by atoms with Gasteiger partial charge in [-0.3, -0.25) is 4.79 Å². The molecule has 1 amide bonds. The Hall–Kier alpha value is -1.56. The Labute approximate surface area is 100 Å². The highest BCUT2D eigenvalue weighted by molar-refractivity contribution is 5.92. The van der Waals surface area contributed by atoms with Crippen molar-refractivity contribution < 1.29 is 9.53 Å². The average Bonchev–Trinajstić information content (AvgIpc) is 2.82. The number of carbonyl (C=O) groups excluding carboxylic acids is 1. The van der Waals surface area contributed by atoms with Crippen molar-refractivity contribution >= 4 is 5.91 Å². The van der Waals surface area contributed by atoms with Crippen LogP contribution in [-0.2, 0) is 7.05 Å². The Bertz CT molecular complexity index is 419. The zero-order valence-corrected chi connectivity index (χ0v) is 10.4. The smallest absolute Gasteiger partial charge is 0.274 e. The van der Waals surface area contributed by atoms with Gasteiger partial charge in [-0.2, -0.15) is 5.10 Å². The molecule has 1 aromatic rings. The van der Waals surface area contributed by atoms with Crippen molar-refractivity contribution in [2.45, 2.75) is 13.0 Å². The molecule has 2 unspecified atom stereocenters. The summed E-state index contributed by atoms with van der Waals surface area (Å²) in [6.45, 7) is 3.34. The van der Waals surface area contributed by atoms with Gasteiger partial charge in [-0.1, -0.05) is 6.92 Å². The zero-order valence-electron chi connectivity index (χ0n) is 10.4. The maximum Gasteiger partial charge on any atom is 0.274 e. The number of nitrogens with zero attached hydrogens (tertiary/aromatic N) is 3. The van der Waals surface area contributed by atoms with E-state index < -0.39 is 0 Å². The lowest BCUT2D eigenvalue weighted by molar-refractivity contribution is 0.0780. The summed E-state index contributed by atoms with van der Waals surface area (Å²) < 4.78 is 6.63. The summed E-state index contributed by atoms with van der Waals surface area (Å²) >= 11 is 0. The Kier molecular flexibility index (Phi) is 3.06. The fraction of sp³-hybridized carbons (Fsp3) is 0.636. The highest BCUT2D eigenvalue weighted by atomic mass is 16.5. The number of methoxy groups -OCH3 is 1. The van der Waals surface area contributed by atoms with E-state index in [0.717, 1.165) is 0 Å². The molecule has 6 nitrogen and oxygen atoms in total. The van der Waals surface area contributed by atoms with Crippen LogP contribution in [0.2, 0.25) is 0 Å². The molecule has 17 heavy (non-hydrogen) atoms. The first kappa shape index (κ1) is 11.9. The molecule has 1 saturated heterocycles. The summed E-state index contributed by atoms with van der Waals surface area (Å²) in [6.07, 6.45) is 0. The third-order valence-electron chi connectivity index (χ3n) is 3.22. The topological polar surface area (TPSA) is 73.4 Å². The van der Waals surface area contributed by atoms with Gasteiger partial charge in [-0.25, -0.2) is 4.68 Å². The van der Waals surface area contributed by atoms with E-state index in [1.54, 1.807) is 29.8 Å². The van der Waals surface area contributed by atoms with E-state index in [1.807, 2.05) is 0 Å². The van der Waals surface area contributed by atoms with Crippen LogP contribution in [0.3, 0.4) is 0 Å². The standard InChI is InChI=1S/C11H18N4O2/c1-7-5-15(6-8(7)12)11(16)9-4-10(17-3)14(2)13-9/h4,7-8H,5-6,12H2,1-3H3. The summed E-state index contributed by atoms with van der Waals surface area (Å²) in [6, 6.07) is 1.71. The first-order valence-corrected chi connectivity index (χ1v) is 5.65. The first-order valence-electron chi connectivity index (χ1n) is 5.65. The molecule has 0 aliphatic carbocycles. The summed E-state index contributed by atoms with van der Waals surface area (Å²) in [4.78, 5) is 13.9. The summed E-state index contributed by atoms with van der Waals surface area (Å²) in [7, 11) is 3.30. The lowest BCUT2D eigenvalue weighted by Gasteiger charge is -2.13. The lowest BCUT2D eigenvalue weighted by Crippen LogP contribution is -2.32. The van der Waals surface area contributed by atoms with Crippen LogP contribution in [-0.4, -0.2) is 46.8 Å². The largest absolute Gasteiger partial charge is 0.481 e. The molecule has 0 spiro atoms. The number of aryl methyl sites for hydroxylation is 1. The molecule has 2 heterocycles. The molecule has 1 aliphatic heterocycles. The number of carbonyl (C=O) groups is 1. The maximum atomic E-state index is 12.2. The van der Waals surface area contributed by atoms with Gasteiger partial charge in [-0.05, 0) is 5.92 Å². The van der Waals surface area contributed by atoms with Crippen LogP contribution in [0.25, 0.3) is 0 Å². The van der Waals surface area contributed by atoms with Crippen LogP contribution in [0, 0.1) is 5.92 Å². The number of amides is 1. The van der Waals surface area contributed by atoms with Gasteiger partial charge in [0.2, 0.25) is 5.88 Å². The highest BCUT2D eigenvalue weighted by Gasteiger charge is 2.31. The van der Waals surface area contributed by atoms with Crippen molar-refractivity contribution in [2.75, 3.05) is 20.2 Å². The number of aromatic nitrogens is 2. The van der Waals surface area contributed by atoms with Gasteiger partial charge in [0.15, 0.2) is 5.69 Å². The predicted octanol–water partition coefficient (Wildman–Crippen LogP) is -0.152. The number of hydrogen-bond donors (Lipinski definition) is 1. The van der Waals surface area contributed by atoms with Crippen molar-refractivity contribution in [3.05, 3.63) is 11.8 Å². The number of nitrogens with two attached hydrogens (primary N) is 1. The van der Waals surface area contributed by atoms with Crippen LogP contribution in [0.4, 0.5) is 0 Å². The molecule has 2 N–H and O–H groups in total. The van der Waals surface area contributed by atoms with Crippen LogP contribution in [0.15, 0.2) is 6.07 Å². The van der Waals surface area contributed by atoms with Gasteiger partial charge >= 0.3 is 0 Å². The minimum Gasteiger partial charge on any atom is -0.481 e. The van der Waals surface area contributed by atoms with Crippen LogP contribution in [0.5, 0.6) is 5.88 Å². The number of hydrogen-bond acceptors (Lipinski definition) is 4. The average molecular weight is 238 g/mol. The molecular formula is C11H18N4O2. The minimum atomic E-state index is -0.0799. The number of ether oxygens (including phenoxy) is 1. The third kappa shape index (κ3) is 2.12. The Morgan fingerprint density at radius 3 is 2.76 bits per heavy atom. The van der Waals surface area contributed by atoms with Gasteiger partial charge < -0.3 is 15.4 Å². The highest BCUT2D eigenvalue weighted by Crippen LogP contribution is 2.19. The molecule has 0 bridgehead atoms. The Balaban J connectivity index is 2.14. The second-order valence-electron chi connectivity index (χ2n) is 4.55. The lowest BCUT2D eigenvalue weighted by atomic mass is 10.1. The van der Waals surface area contributed by atoms with E-state index in [1.165, 1.54) is 0 Å². The Morgan fingerprint density at radius 1 is 1.59 bits per heavy atom. The van der Waals surface area contributed by atoms with Gasteiger partial charge in [0.05, 0.1) is 7.11 Å². The van der Waals surface area contributed by atoms with Gasteiger partial charge in [0, 0.05) is 32.2 Å². The van der Waals surface area contributed by atoms with Crippen molar-refractivity contribution in [1.82, 2.24) is 14.7 Å². The third-order valence-corrected chi connectivity index (χ3v) is 3.22. The molecule has 0 aromatic carbocycles. The Morgan fingerprint density at radius 2 is 2.29 bits per heavy atom. The second-order valence-corrected chi connectivity index (χ2v) is 4.55. The molecule has 6 heteroatoms. The van der Waals surface area contributed by atoms with Gasteiger partial charge in [-0.15, -0.1) is 0 Å². The van der Waals surface area contributed by atoms with Crippen molar-refractivity contribution in [3.8, 4) is 5.88 Å². The fourth-order valence-corrected chi connectivity index (χ4v) is 2.07. The van der Waals surface area contributed by atoms with E-state index in [-0.39, 0.29) is 11.9 Å². The summed E-state index contributed by atoms with van der Waals surface area (Å²) in [5.41, 5.74) is 6.31. The van der Waals surface area contributed by atoms with E-state index in [0.29, 0.717) is 30.6 Å². The second kappa shape index (κ2) is 4.37. The molecule has 1 aromatic heterocycles. The zero-order chi connectivity index (χ0) is 12.6. The predicted molar refractivity (Wildman–Crippen MR) is 62.8 cm³/mol. The molecule has 94 valence electrons. The van der Waals surface area contributed by atoms with Gasteiger partial charge in [0.1, 0.15) is 0 Å². The summed E-state index contributed by atoms with van der Waals surface area (Å²) in [5.74, 6) is 0.832. The molecule has 2 rings (SSSR count). The van der Waals surface area contributed by atoms with Crippen LogP contribution in [0.1, 0.15) is 17.4 Å². The normalized spacial score (nSPS) is 24.1. The SMILES string of the molecule is COc1cc(C(=O)N2CC(C)C(N)C2)nn1C. The van der Waals surface area contributed by atoms with E-state index in [9.17, 15) is 4.79 Å². The quantitative estimate of drug-likeness (QED) is 0.777. The summed E-state index contributed by atoms with van der Waals surface area (Å²) in [5, 5.41) is 4.14. The number of likely N-dealkylation sites (tertiary alicyclic amines) is 1. The maximum absolute atomic E-state index is 12.2. The molecule has 0 radical (unpaired) electrons. The molecular weight excluding hydrogens is 220 g/mol. The van der Waals surface area contributed by atoms with E-state index in [2.05, 4.69) is 12.0 Å².